The van der Waals surface area contributed by atoms with Crippen molar-refractivity contribution >= 4 is 28.8 Å². The SMILES string of the molecule is Cc1nc(Cl)c(C)c(NCC(O)c2ccsc2)n1. The number of aliphatic hydroxyl groups excluding tert-OH is 1. The normalized spacial score (nSPS) is 12.4. The predicted octanol–water partition coefficient (Wildman–Crippen LogP) is 2.95. The molecule has 2 heterocycles. The monoisotopic (exact) mass is 283 g/mol. The summed E-state index contributed by atoms with van der Waals surface area (Å²) in [5.41, 5.74) is 1.70. The van der Waals surface area contributed by atoms with Gasteiger partial charge in [-0.15, -0.1) is 0 Å². The van der Waals surface area contributed by atoms with E-state index in [-0.39, 0.29) is 0 Å². The first-order valence-electron chi connectivity index (χ1n) is 5.52. The first-order valence-corrected chi connectivity index (χ1v) is 6.84. The second-order valence-corrected chi connectivity index (χ2v) is 5.13. The van der Waals surface area contributed by atoms with E-state index < -0.39 is 6.10 Å². The number of aliphatic hydroxyl groups is 1. The van der Waals surface area contributed by atoms with E-state index in [1.807, 2.05) is 23.8 Å². The first kappa shape index (κ1) is 13.3. The molecule has 0 spiro atoms. The molecule has 1 unspecified atom stereocenters. The maximum atomic E-state index is 9.97. The van der Waals surface area contributed by atoms with Crippen molar-refractivity contribution in [3.63, 3.8) is 0 Å². The number of aryl methyl sites for hydroxylation is 1. The Labute approximate surface area is 115 Å². The zero-order valence-electron chi connectivity index (χ0n) is 10.1. The van der Waals surface area contributed by atoms with E-state index in [0.29, 0.717) is 23.3 Å². The topological polar surface area (TPSA) is 58.0 Å². The number of hydrogen-bond donors (Lipinski definition) is 2. The lowest BCUT2D eigenvalue weighted by Gasteiger charge is -2.13. The number of nitrogens with zero attached hydrogens (tertiary/aromatic N) is 2. The van der Waals surface area contributed by atoms with Crippen molar-refractivity contribution in [3.8, 4) is 0 Å². The Morgan fingerprint density at radius 1 is 1.44 bits per heavy atom. The van der Waals surface area contributed by atoms with Gasteiger partial charge in [0.2, 0.25) is 0 Å². The molecule has 0 fully saturated rings. The summed E-state index contributed by atoms with van der Waals surface area (Å²) in [7, 11) is 0. The molecule has 0 aliphatic heterocycles. The van der Waals surface area contributed by atoms with Gasteiger partial charge in [-0.3, -0.25) is 0 Å². The largest absolute Gasteiger partial charge is 0.387 e. The van der Waals surface area contributed by atoms with Crippen LogP contribution in [0.15, 0.2) is 16.8 Å². The Morgan fingerprint density at radius 3 is 2.89 bits per heavy atom. The maximum absolute atomic E-state index is 9.97. The summed E-state index contributed by atoms with van der Waals surface area (Å²) in [6.07, 6.45) is -0.551. The van der Waals surface area contributed by atoms with Gasteiger partial charge in [0.25, 0.3) is 0 Å². The van der Waals surface area contributed by atoms with Gasteiger partial charge in [-0.2, -0.15) is 11.3 Å². The third-order valence-electron chi connectivity index (χ3n) is 2.59. The van der Waals surface area contributed by atoms with Gasteiger partial charge in [-0.1, -0.05) is 11.6 Å². The summed E-state index contributed by atoms with van der Waals surface area (Å²) in [4.78, 5) is 8.34. The van der Waals surface area contributed by atoms with E-state index >= 15 is 0 Å². The van der Waals surface area contributed by atoms with Gasteiger partial charge in [0, 0.05) is 12.1 Å². The second kappa shape index (κ2) is 5.65. The zero-order chi connectivity index (χ0) is 13.1. The summed E-state index contributed by atoms with van der Waals surface area (Å²) >= 11 is 7.55. The Balaban J connectivity index is 2.06. The van der Waals surface area contributed by atoms with E-state index in [1.54, 1.807) is 18.3 Å². The van der Waals surface area contributed by atoms with Gasteiger partial charge in [0.05, 0.1) is 6.10 Å². The number of nitrogens with one attached hydrogen (secondary N) is 1. The molecule has 96 valence electrons. The minimum absolute atomic E-state index is 0.393. The first-order chi connectivity index (χ1) is 8.58. The highest BCUT2D eigenvalue weighted by Crippen LogP contribution is 2.21. The fourth-order valence-electron chi connectivity index (χ4n) is 1.54. The molecule has 0 saturated heterocycles. The van der Waals surface area contributed by atoms with Crippen LogP contribution in [0.2, 0.25) is 5.15 Å². The Hall–Kier alpha value is -1.17. The van der Waals surface area contributed by atoms with Gasteiger partial charge in [0.1, 0.15) is 16.8 Å². The number of anilines is 1. The summed E-state index contributed by atoms with van der Waals surface area (Å²) in [5.74, 6) is 1.28. The standard InChI is InChI=1S/C12H14ClN3OS/c1-7-11(13)15-8(2)16-12(7)14-5-10(17)9-3-4-18-6-9/h3-4,6,10,17H,5H2,1-2H3,(H,14,15,16). The van der Waals surface area contributed by atoms with Crippen LogP contribution in [0, 0.1) is 13.8 Å². The van der Waals surface area contributed by atoms with Crippen LogP contribution >= 0.6 is 22.9 Å². The third kappa shape index (κ3) is 2.98. The lowest BCUT2D eigenvalue weighted by molar-refractivity contribution is 0.192. The summed E-state index contributed by atoms with van der Waals surface area (Å²) in [6.45, 7) is 4.03. The molecule has 0 amide bonds. The van der Waals surface area contributed by atoms with E-state index in [2.05, 4.69) is 15.3 Å². The van der Waals surface area contributed by atoms with Crippen LogP contribution in [0.4, 0.5) is 5.82 Å². The summed E-state index contributed by atoms with van der Waals surface area (Å²) in [5, 5.41) is 17.4. The molecular formula is C12H14ClN3OS. The fraction of sp³-hybridized carbons (Fsp3) is 0.333. The smallest absolute Gasteiger partial charge is 0.137 e. The molecule has 2 aromatic heterocycles. The highest BCUT2D eigenvalue weighted by Gasteiger charge is 2.11. The van der Waals surface area contributed by atoms with Gasteiger partial charge in [-0.25, -0.2) is 9.97 Å². The van der Waals surface area contributed by atoms with E-state index in [4.69, 9.17) is 11.6 Å². The molecule has 18 heavy (non-hydrogen) atoms. The average Bonchev–Trinajstić information content (AvgIpc) is 2.85. The van der Waals surface area contributed by atoms with Crippen LogP contribution in [0.1, 0.15) is 23.1 Å². The highest BCUT2D eigenvalue weighted by atomic mass is 35.5. The van der Waals surface area contributed by atoms with Crippen molar-refractivity contribution in [2.75, 3.05) is 11.9 Å². The Bertz CT molecular complexity index is 530. The van der Waals surface area contributed by atoms with Crippen molar-refractivity contribution < 1.29 is 5.11 Å². The van der Waals surface area contributed by atoms with E-state index in [0.717, 1.165) is 11.1 Å². The van der Waals surface area contributed by atoms with Crippen LogP contribution in [0.3, 0.4) is 0 Å². The van der Waals surface area contributed by atoms with Crippen LogP contribution in [0.5, 0.6) is 0 Å². The average molecular weight is 284 g/mol. The second-order valence-electron chi connectivity index (χ2n) is 3.99. The number of hydrogen-bond acceptors (Lipinski definition) is 5. The Kier molecular flexibility index (Phi) is 4.16. The number of aromatic nitrogens is 2. The zero-order valence-corrected chi connectivity index (χ0v) is 11.7. The summed E-state index contributed by atoms with van der Waals surface area (Å²) < 4.78 is 0. The van der Waals surface area contributed by atoms with Crippen LogP contribution in [-0.2, 0) is 0 Å². The van der Waals surface area contributed by atoms with E-state index in [1.165, 1.54) is 0 Å². The van der Waals surface area contributed by atoms with Crippen molar-refractivity contribution in [2.24, 2.45) is 0 Å². The lowest BCUT2D eigenvalue weighted by Crippen LogP contribution is -2.14. The number of rotatable bonds is 4. The van der Waals surface area contributed by atoms with Gasteiger partial charge >= 0.3 is 0 Å². The fourth-order valence-corrected chi connectivity index (χ4v) is 2.46. The molecule has 6 heteroatoms. The molecule has 2 rings (SSSR count). The van der Waals surface area contributed by atoms with Gasteiger partial charge in [0.15, 0.2) is 0 Å². The molecule has 0 radical (unpaired) electrons. The van der Waals surface area contributed by atoms with Crippen molar-refractivity contribution in [2.45, 2.75) is 20.0 Å². The lowest BCUT2D eigenvalue weighted by atomic mass is 10.2. The predicted molar refractivity (Wildman–Crippen MR) is 74.3 cm³/mol. The molecule has 0 aliphatic rings. The number of thiophene rings is 1. The molecule has 0 aliphatic carbocycles. The highest BCUT2D eigenvalue weighted by molar-refractivity contribution is 7.07. The molecule has 1 atom stereocenters. The molecule has 2 aromatic rings. The van der Waals surface area contributed by atoms with Gasteiger partial charge in [-0.05, 0) is 36.2 Å². The van der Waals surface area contributed by atoms with E-state index in [9.17, 15) is 5.11 Å². The number of halogens is 1. The minimum atomic E-state index is -0.551. The van der Waals surface area contributed by atoms with Gasteiger partial charge < -0.3 is 10.4 Å². The van der Waals surface area contributed by atoms with Crippen molar-refractivity contribution in [3.05, 3.63) is 38.9 Å². The van der Waals surface area contributed by atoms with Crippen LogP contribution in [0.25, 0.3) is 0 Å². The molecule has 0 aromatic carbocycles. The molecule has 0 saturated carbocycles. The van der Waals surface area contributed by atoms with Crippen LogP contribution in [-0.4, -0.2) is 21.6 Å². The summed E-state index contributed by atoms with van der Waals surface area (Å²) in [6, 6.07) is 1.90. The van der Waals surface area contributed by atoms with Crippen molar-refractivity contribution in [1.29, 1.82) is 0 Å². The minimum Gasteiger partial charge on any atom is -0.387 e. The molecule has 2 N–H and O–H groups in total. The molecule has 0 bridgehead atoms. The Morgan fingerprint density at radius 2 is 2.22 bits per heavy atom. The maximum Gasteiger partial charge on any atom is 0.137 e. The quantitative estimate of drug-likeness (QED) is 0.847. The molecular weight excluding hydrogens is 270 g/mol. The van der Waals surface area contributed by atoms with Crippen molar-refractivity contribution in [1.82, 2.24) is 9.97 Å². The third-order valence-corrected chi connectivity index (χ3v) is 3.66. The molecule has 4 nitrogen and oxygen atoms in total. The van der Waals surface area contributed by atoms with Crippen LogP contribution < -0.4 is 5.32 Å².